The van der Waals surface area contributed by atoms with Gasteiger partial charge in [0.1, 0.15) is 5.75 Å². The van der Waals surface area contributed by atoms with Crippen LogP contribution in [0.1, 0.15) is 15.9 Å². The molecule has 0 spiro atoms. The summed E-state index contributed by atoms with van der Waals surface area (Å²) in [7, 11) is 0. The molecule has 19 heavy (non-hydrogen) atoms. The van der Waals surface area contributed by atoms with Crippen molar-refractivity contribution in [1.29, 1.82) is 0 Å². The monoisotopic (exact) mass is 287 g/mol. The molecular weight excluding hydrogens is 280 g/mol. The average molecular weight is 287 g/mol. The number of rotatable bonds is 3. The summed E-state index contributed by atoms with van der Waals surface area (Å²) in [5.41, 5.74) is 3.03. The summed E-state index contributed by atoms with van der Waals surface area (Å²) in [6.07, 6.45) is -9.52. The van der Waals surface area contributed by atoms with Crippen LogP contribution in [0.15, 0.2) is 18.2 Å². The summed E-state index contributed by atoms with van der Waals surface area (Å²) in [6, 6.07) is 1.49. The predicted molar refractivity (Wildman–Crippen MR) is 51.5 cm³/mol. The fourth-order valence-corrected chi connectivity index (χ4v) is 1.18. The summed E-state index contributed by atoms with van der Waals surface area (Å²) in [4.78, 5) is 10.9. The van der Waals surface area contributed by atoms with Crippen molar-refractivity contribution in [2.45, 2.75) is 12.4 Å². The second-order valence-corrected chi connectivity index (χ2v) is 3.48. The fourth-order valence-electron chi connectivity index (χ4n) is 1.18. The van der Waals surface area contributed by atoms with E-state index < -0.39 is 41.7 Å². The molecule has 1 rings (SSSR count). The lowest BCUT2D eigenvalue weighted by molar-refractivity contribution is -0.153. The molecule has 0 aromatic heterocycles. The van der Waals surface area contributed by atoms with E-state index in [1.165, 1.54) is 0 Å². The molecule has 0 aliphatic rings. The average Bonchev–Trinajstić information content (AvgIpc) is 2.23. The zero-order chi connectivity index (χ0) is 14.8. The number of alkyl halides is 6. The van der Waals surface area contributed by atoms with Crippen LogP contribution in [0.4, 0.5) is 26.3 Å². The molecule has 0 saturated heterocycles. The van der Waals surface area contributed by atoms with Crippen molar-refractivity contribution in [1.82, 2.24) is 0 Å². The van der Waals surface area contributed by atoms with E-state index in [1.54, 1.807) is 0 Å². The van der Waals surface area contributed by atoms with Gasteiger partial charge in [-0.15, -0.1) is 0 Å². The number of primary amides is 1. The normalized spacial score (nSPS) is 12.3. The van der Waals surface area contributed by atoms with Crippen molar-refractivity contribution in [2.24, 2.45) is 5.73 Å². The molecule has 106 valence electrons. The van der Waals surface area contributed by atoms with E-state index in [-0.39, 0.29) is 0 Å². The van der Waals surface area contributed by atoms with Gasteiger partial charge in [-0.3, -0.25) is 4.79 Å². The van der Waals surface area contributed by atoms with Gasteiger partial charge in [0.2, 0.25) is 0 Å². The Bertz CT molecular complexity index is 480. The standard InChI is InChI=1S/C10H7F6NO2/c11-9(12,13)4-19-7-3-5(10(14,15)16)1-2-6(7)8(17)18/h1-3H,4H2,(H2,17,18). The maximum atomic E-state index is 12.4. The third kappa shape index (κ3) is 4.34. The zero-order valence-electron chi connectivity index (χ0n) is 9.10. The lowest BCUT2D eigenvalue weighted by Crippen LogP contribution is -2.22. The molecule has 0 radical (unpaired) electrons. The predicted octanol–water partition coefficient (Wildman–Crippen LogP) is 2.75. The van der Waals surface area contributed by atoms with Crippen LogP contribution in [0, 0.1) is 0 Å². The van der Waals surface area contributed by atoms with Crippen molar-refractivity contribution in [3.63, 3.8) is 0 Å². The first kappa shape index (κ1) is 15.1. The number of halogens is 6. The largest absolute Gasteiger partial charge is 0.483 e. The quantitative estimate of drug-likeness (QED) is 0.869. The second kappa shape index (κ2) is 4.98. The first-order valence-corrected chi connectivity index (χ1v) is 4.71. The summed E-state index contributed by atoms with van der Waals surface area (Å²) in [5.74, 6) is -2.05. The maximum absolute atomic E-state index is 12.4. The fraction of sp³-hybridized carbons (Fsp3) is 0.300. The van der Waals surface area contributed by atoms with Crippen LogP contribution < -0.4 is 10.5 Å². The number of benzene rings is 1. The summed E-state index contributed by atoms with van der Waals surface area (Å²) in [5, 5.41) is 0. The minimum atomic E-state index is -4.77. The van der Waals surface area contributed by atoms with Crippen LogP contribution in [0.3, 0.4) is 0 Å². The third-order valence-corrected chi connectivity index (χ3v) is 1.97. The smallest absolute Gasteiger partial charge is 0.422 e. The molecule has 0 bridgehead atoms. The van der Waals surface area contributed by atoms with E-state index in [0.717, 1.165) is 0 Å². The Morgan fingerprint density at radius 1 is 1.16 bits per heavy atom. The highest BCUT2D eigenvalue weighted by Crippen LogP contribution is 2.33. The van der Waals surface area contributed by atoms with Crippen LogP contribution in [-0.4, -0.2) is 18.7 Å². The molecule has 0 aliphatic heterocycles. The lowest BCUT2D eigenvalue weighted by atomic mass is 10.1. The van der Waals surface area contributed by atoms with Gasteiger partial charge in [-0.05, 0) is 18.2 Å². The number of carbonyl (C=O) groups is 1. The molecule has 0 fully saturated rings. The number of hydrogen-bond acceptors (Lipinski definition) is 2. The Balaban J connectivity index is 3.13. The Morgan fingerprint density at radius 3 is 2.16 bits per heavy atom. The highest BCUT2D eigenvalue weighted by atomic mass is 19.4. The van der Waals surface area contributed by atoms with E-state index in [4.69, 9.17) is 5.73 Å². The van der Waals surface area contributed by atoms with Gasteiger partial charge in [0.15, 0.2) is 6.61 Å². The van der Waals surface area contributed by atoms with Gasteiger partial charge in [-0.25, -0.2) is 0 Å². The van der Waals surface area contributed by atoms with Crippen molar-refractivity contribution in [3.05, 3.63) is 29.3 Å². The third-order valence-electron chi connectivity index (χ3n) is 1.97. The van der Waals surface area contributed by atoms with Gasteiger partial charge in [0, 0.05) is 0 Å². The SMILES string of the molecule is NC(=O)c1ccc(C(F)(F)F)cc1OCC(F)(F)F. The number of carbonyl (C=O) groups excluding carboxylic acids is 1. The first-order chi connectivity index (χ1) is 8.50. The molecule has 1 aromatic carbocycles. The molecule has 0 unspecified atom stereocenters. The van der Waals surface area contributed by atoms with Gasteiger partial charge < -0.3 is 10.5 Å². The lowest BCUT2D eigenvalue weighted by Gasteiger charge is -2.14. The number of amides is 1. The molecule has 2 N–H and O–H groups in total. The summed E-state index contributed by atoms with van der Waals surface area (Å²) >= 11 is 0. The van der Waals surface area contributed by atoms with E-state index in [9.17, 15) is 31.1 Å². The minimum absolute atomic E-state index is 0.297. The van der Waals surface area contributed by atoms with Gasteiger partial charge in [-0.2, -0.15) is 26.3 Å². The van der Waals surface area contributed by atoms with E-state index in [0.29, 0.717) is 18.2 Å². The molecule has 1 aromatic rings. The second-order valence-electron chi connectivity index (χ2n) is 3.48. The van der Waals surface area contributed by atoms with Gasteiger partial charge in [0.05, 0.1) is 11.1 Å². The Kier molecular flexibility index (Phi) is 3.97. The molecule has 0 aliphatic carbocycles. The number of nitrogens with two attached hydrogens (primary N) is 1. The summed E-state index contributed by atoms with van der Waals surface area (Å²) < 4.78 is 77.2. The highest BCUT2D eigenvalue weighted by molar-refractivity contribution is 5.95. The van der Waals surface area contributed by atoms with Crippen LogP contribution in [0.5, 0.6) is 5.75 Å². The molecular formula is C10H7F6NO2. The summed E-state index contributed by atoms with van der Waals surface area (Å²) in [6.45, 7) is -1.82. The number of hydrogen-bond donors (Lipinski definition) is 1. The first-order valence-electron chi connectivity index (χ1n) is 4.71. The molecule has 3 nitrogen and oxygen atoms in total. The minimum Gasteiger partial charge on any atom is -0.483 e. The van der Waals surface area contributed by atoms with Crippen LogP contribution in [0.25, 0.3) is 0 Å². The van der Waals surface area contributed by atoms with Crippen LogP contribution in [-0.2, 0) is 6.18 Å². The molecule has 0 saturated carbocycles. The van der Waals surface area contributed by atoms with E-state index >= 15 is 0 Å². The molecule has 0 atom stereocenters. The van der Waals surface area contributed by atoms with Crippen LogP contribution in [0.2, 0.25) is 0 Å². The van der Waals surface area contributed by atoms with Crippen molar-refractivity contribution in [2.75, 3.05) is 6.61 Å². The Hall–Kier alpha value is -1.93. The molecule has 1 amide bonds. The zero-order valence-corrected chi connectivity index (χ0v) is 9.10. The van der Waals surface area contributed by atoms with Gasteiger partial charge in [-0.1, -0.05) is 0 Å². The highest BCUT2D eigenvalue weighted by Gasteiger charge is 2.33. The Labute approximate surface area is 102 Å². The molecule has 0 heterocycles. The van der Waals surface area contributed by atoms with Gasteiger partial charge in [0.25, 0.3) is 5.91 Å². The van der Waals surface area contributed by atoms with Gasteiger partial charge >= 0.3 is 12.4 Å². The van der Waals surface area contributed by atoms with E-state index in [1.807, 2.05) is 0 Å². The molecule has 9 heteroatoms. The van der Waals surface area contributed by atoms with Crippen molar-refractivity contribution < 1.29 is 35.9 Å². The van der Waals surface area contributed by atoms with Crippen molar-refractivity contribution in [3.8, 4) is 5.75 Å². The Morgan fingerprint density at radius 2 is 1.74 bits per heavy atom. The number of ether oxygens (including phenoxy) is 1. The van der Waals surface area contributed by atoms with Crippen molar-refractivity contribution >= 4 is 5.91 Å². The maximum Gasteiger partial charge on any atom is 0.422 e. The van der Waals surface area contributed by atoms with E-state index in [2.05, 4.69) is 4.74 Å². The topological polar surface area (TPSA) is 52.3 Å². The van der Waals surface area contributed by atoms with Crippen LogP contribution >= 0.6 is 0 Å².